The second-order valence-electron chi connectivity index (χ2n) is 5.86. The third-order valence-corrected chi connectivity index (χ3v) is 4.47. The van der Waals surface area contributed by atoms with Crippen molar-refractivity contribution in [1.29, 1.82) is 0 Å². The average Bonchev–Trinajstić information content (AvgIpc) is 2.58. The number of hydrogen-bond donors (Lipinski definition) is 1. The summed E-state index contributed by atoms with van der Waals surface area (Å²) in [5.74, 6) is 1.87. The summed E-state index contributed by atoms with van der Waals surface area (Å²) in [6, 6.07) is 0.888. The molecule has 2 N–H and O–H groups in total. The fourth-order valence-electron chi connectivity index (χ4n) is 3.50. The molecule has 1 saturated carbocycles. The summed E-state index contributed by atoms with van der Waals surface area (Å²) in [5, 5.41) is 0. The maximum atomic E-state index is 5.70. The molecule has 0 spiro atoms. The number of nitrogens with zero attached hydrogens (tertiary/aromatic N) is 2. The van der Waals surface area contributed by atoms with Gasteiger partial charge in [-0.05, 0) is 58.2 Å². The van der Waals surface area contributed by atoms with Gasteiger partial charge in [-0.2, -0.15) is 0 Å². The lowest BCUT2D eigenvalue weighted by Gasteiger charge is -2.28. The minimum atomic E-state index is 0.879. The van der Waals surface area contributed by atoms with Gasteiger partial charge < -0.3 is 10.6 Å². The molecule has 2 rings (SSSR count). The summed E-state index contributed by atoms with van der Waals surface area (Å²) in [7, 11) is 4.33. The standard InChI is InChI=1S/C13H27N3/c1-15(2)7-8-16-10-12-9-13(16)4-3-11(12)5-6-14/h11-13H,3-10,14H2,1-2H3. The average molecular weight is 225 g/mol. The number of likely N-dealkylation sites (N-methyl/N-ethyl adjacent to an activating group) is 1. The molecule has 1 aliphatic heterocycles. The normalized spacial score (nSPS) is 34.9. The van der Waals surface area contributed by atoms with Gasteiger partial charge in [0, 0.05) is 25.7 Å². The molecule has 3 unspecified atom stereocenters. The molecule has 2 aliphatic rings. The monoisotopic (exact) mass is 225 g/mol. The molecule has 16 heavy (non-hydrogen) atoms. The van der Waals surface area contributed by atoms with E-state index in [1.54, 1.807) is 0 Å². The van der Waals surface area contributed by atoms with Crippen LogP contribution in [0.5, 0.6) is 0 Å². The van der Waals surface area contributed by atoms with Gasteiger partial charge >= 0.3 is 0 Å². The number of fused-ring (bicyclic) bond motifs is 2. The molecule has 0 aromatic carbocycles. The summed E-state index contributed by atoms with van der Waals surface area (Å²) in [6.45, 7) is 4.67. The van der Waals surface area contributed by atoms with E-state index in [9.17, 15) is 0 Å². The topological polar surface area (TPSA) is 32.5 Å². The molecule has 94 valence electrons. The van der Waals surface area contributed by atoms with Crippen LogP contribution < -0.4 is 5.73 Å². The highest BCUT2D eigenvalue weighted by molar-refractivity contribution is 4.93. The third-order valence-electron chi connectivity index (χ3n) is 4.47. The van der Waals surface area contributed by atoms with Crippen molar-refractivity contribution in [3.05, 3.63) is 0 Å². The first kappa shape index (κ1) is 12.3. The molecule has 2 bridgehead atoms. The largest absolute Gasteiger partial charge is 0.330 e. The summed E-state index contributed by atoms with van der Waals surface area (Å²) in [5.41, 5.74) is 5.70. The Morgan fingerprint density at radius 3 is 2.81 bits per heavy atom. The second kappa shape index (κ2) is 5.48. The van der Waals surface area contributed by atoms with Crippen molar-refractivity contribution >= 4 is 0 Å². The van der Waals surface area contributed by atoms with Crippen molar-refractivity contribution in [1.82, 2.24) is 9.80 Å². The maximum absolute atomic E-state index is 5.70. The Morgan fingerprint density at radius 2 is 2.12 bits per heavy atom. The van der Waals surface area contributed by atoms with Crippen LogP contribution in [0.2, 0.25) is 0 Å². The second-order valence-corrected chi connectivity index (χ2v) is 5.86. The van der Waals surface area contributed by atoms with Crippen LogP contribution in [0.4, 0.5) is 0 Å². The summed E-state index contributed by atoms with van der Waals surface area (Å²) in [4.78, 5) is 5.01. The smallest absolute Gasteiger partial charge is 0.0112 e. The van der Waals surface area contributed by atoms with Gasteiger partial charge in [0.1, 0.15) is 0 Å². The van der Waals surface area contributed by atoms with Crippen LogP contribution in [0.1, 0.15) is 25.7 Å². The van der Waals surface area contributed by atoms with E-state index in [2.05, 4.69) is 23.9 Å². The Labute approximate surface area is 100.0 Å². The van der Waals surface area contributed by atoms with Gasteiger partial charge in [0.25, 0.3) is 0 Å². The summed E-state index contributed by atoms with van der Waals surface area (Å²) in [6.07, 6.45) is 5.52. The number of likely N-dealkylation sites (tertiary alicyclic amines) is 1. The van der Waals surface area contributed by atoms with Crippen molar-refractivity contribution in [2.75, 3.05) is 40.3 Å². The van der Waals surface area contributed by atoms with Crippen LogP contribution in [0.3, 0.4) is 0 Å². The van der Waals surface area contributed by atoms with E-state index in [0.29, 0.717) is 0 Å². The van der Waals surface area contributed by atoms with Crippen LogP contribution in [-0.2, 0) is 0 Å². The van der Waals surface area contributed by atoms with Crippen molar-refractivity contribution in [2.24, 2.45) is 17.6 Å². The first-order chi connectivity index (χ1) is 7.70. The molecule has 0 radical (unpaired) electrons. The molecule has 0 aromatic heterocycles. The number of hydrogen-bond acceptors (Lipinski definition) is 3. The molecule has 3 nitrogen and oxygen atoms in total. The molecule has 2 fully saturated rings. The summed E-state index contributed by atoms with van der Waals surface area (Å²) < 4.78 is 0. The highest BCUT2D eigenvalue weighted by atomic mass is 15.2. The minimum Gasteiger partial charge on any atom is -0.330 e. The quantitative estimate of drug-likeness (QED) is 0.757. The van der Waals surface area contributed by atoms with Gasteiger partial charge in [-0.25, -0.2) is 0 Å². The Balaban J connectivity index is 1.82. The lowest BCUT2D eigenvalue weighted by molar-refractivity contribution is 0.214. The molecule has 3 heteroatoms. The maximum Gasteiger partial charge on any atom is 0.0112 e. The zero-order valence-electron chi connectivity index (χ0n) is 10.9. The Morgan fingerprint density at radius 1 is 1.31 bits per heavy atom. The van der Waals surface area contributed by atoms with E-state index in [0.717, 1.165) is 24.4 Å². The molecule has 1 heterocycles. The molecule has 0 aromatic rings. The first-order valence-corrected chi connectivity index (χ1v) is 6.79. The van der Waals surface area contributed by atoms with Crippen molar-refractivity contribution in [3.63, 3.8) is 0 Å². The summed E-state index contributed by atoms with van der Waals surface area (Å²) >= 11 is 0. The number of nitrogens with two attached hydrogens (primary N) is 1. The molecular weight excluding hydrogens is 198 g/mol. The van der Waals surface area contributed by atoms with Crippen molar-refractivity contribution in [3.8, 4) is 0 Å². The zero-order valence-corrected chi connectivity index (χ0v) is 10.9. The molecule has 0 amide bonds. The van der Waals surface area contributed by atoms with Gasteiger partial charge in [0.2, 0.25) is 0 Å². The lowest BCUT2D eigenvalue weighted by atomic mass is 9.78. The van der Waals surface area contributed by atoms with Crippen LogP contribution in [0.25, 0.3) is 0 Å². The van der Waals surface area contributed by atoms with Crippen LogP contribution in [-0.4, -0.2) is 56.1 Å². The molecular formula is C13H27N3. The zero-order chi connectivity index (χ0) is 11.5. The third kappa shape index (κ3) is 2.76. The van der Waals surface area contributed by atoms with Crippen molar-refractivity contribution < 1.29 is 0 Å². The molecule has 3 atom stereocenters. The van der Waals surface area contributed by atoms with E-state index >= 15 is 0 Å². The van der Waals surface area contributed by atoms with Crippen LogP contribution >= 0.6 is 0 Å². The highest BCUT2D eigenvalue weighted by Crippen LogP contribution is 2.40. The van der Waals surface area contributed by atoms with Gasteiger partial charge in [0.15, 0.2) is 0 Å². The Bertz CT molecular complexity index is 217. The van der Waals surface area contributed by atoms with E-state index < -0.39 is 0 Å². The van der Waals surface area contributed by atoms with Gasteiger partial charge in [-0.1, -0.05) is 0 Å². The van der Waals surface area contributed by atoms with Gasteiger partial charge in [-0.3, -0.25) is 4.90 Å². The fraction of sp³-hybridized carbons (Fsp3) is 1.00. The number of rotatable bonds is 5. The fourth-order valence-corrected chi connectivity index (χ4v) is 3.50. The van der Waals surface area contributed by atoms with E-state index in [1.165, 1.54) is 45.3 Å². The van der Waals surface area contributed by atoms with E-state index in [1.807, 2.05) is 0 Å². The highest BCUT2D eigenvalue weighted by Gasteiger charge is 2.39. The van der Waals surface area contributed by atoms with Crippen LogP contribution in [0.15, 0.2) is 0 Å². The van der Waals surface area contributed by atoms with E-state index in [4.69, 9.17) is 5.73 Å². The van der Waals surface area contributed by atoms with Crippen molar-refractivity contribution in [2.45, 2.75) is 31.7 Å². The molecule has 1 aliphatic carbocycles. The Kier molecular flexibility index (Phi) is 4.22. The minimum absolute atomic E-state index is 0.879. The lowest BCUT2D eigenvalue weighted by Crippen LogP contribution is -2.35. The SMILES string of the molecule is CN(C)CCN1CC2CC1CCC2CCN. The first-order valence-electron chi connectivity index (χ1n) is 6.79. The van der Waals surface area contributed by atoms with Gasteiger partial charge in [-0.15, -0.1) is 0 Å². The van der Waals surface area contributed by atoms with E-state index in [-0.39, 0.29) is 0 Å². The Hall–Kier alpha value is -0.120. The van der Waals surface area contributed by atoms with Crippen LogP contribution in [0, 0.1) is 11.8 Å². The predicted octanol–water partition coefficient (Wildman–Crippen LogP) is 0.997. The molecule has 1 saturated heterocycles. The van der Waals surface area contributed by atoms with Gasteiger partial charge in [0.05, 0.1) is 0 Å². The predicted molar refractivity (Wildman–Crippen MR) is 68.4 cm³/mol.